The van der Waals surface area contributed by atoms with Crippen LogP contribution in [0.1, 0.15) is 16.7 Å². The third-order valence-electron chi connectivity index (χ3n) is 5.91. The number of rotatable bonds is 4. The summed E-state index contributed by atoms with van der Waals surface area (Å²) < 4.78 is 2.92. The Balaban J connectivity index is 1.57. The Labute approximate surface area is 204 Å². The van der Waals surface area contributed by atoms with Crippen LogP contribution in [0.5, 0.6) is 0 Å². The first-order chi connectivity index (χ1) is 16.4. The van der Waals surface area contributed by atoms with Crippen molar-refractivity contribution in [3.8, 4) is 0 Å². The number of hydrogen-bond acceptors (Lipinski definition) is 3. The number of benzene rings is 3. The minimum atomic E-state index is -0.767. The van der Waals surface area contributed by atoms with Crippen molar-refractivity contribution in [3.63, 3.8) is 0 Å². The van der Waals surface area contributed by atoms with E-state index in [4.69, 9.17) is 0 Å². The third kappa shape index (κ3) is 3.95. The zero-order valence-corrected chi connectivity index (χ0v) is 19.9. The molecule has 4 amide bonds. The van der Waals surface area contributed by atoms with Crippen LogP contribution in [0.25, 0.3) is 17.0 Å². The number of barbiturate groups is 1. The molecule has 1 N–H and O–H groups in total. The Kier molecular flexibility index (Phi) is 5.63. The van der Waals surface area contributed by atoms with Gasteiger partial charge < -0.3 is 4.57 Å². The van der Waals surface area contributed by atoms with Gasteiger partial charge in [-0.05, 0) is 54.5 Å². The molecule has 0 bridgehead atoms. The number of amides is 4. The van der Waals surface area contributed by atoms with Crippen molar-refractivity contribution in [2.45, 2.75) is 13.5 Å². The van der Waals surface area contributed by atoms with E-state index in [9.17, 15) is 14.4 Å². The molecule has 0 aliphatic carbocycles. The number of nitrogens with one attached hydrogen (secondary N) is 1. The molecule has 1 aliphatic rings. The number of imide groups is 2. The summed E-state index contributed by atoms with van der Waals surface area (Å²) in [6.07, 6.45) is 3.50. The fraction of sp³-hybridized carbons (Fsp3) is 0.0741. The largest absolute Gasteiger partial charge is 0.342 e. The van der Waals surface area contributed by atoms with Gasteiger partial charge in [0.2, 0.25) is 0 Å². The fourth-order valence-corrected chi connectivity index (χ4v) is 4.39. The quantitative estimate of drug-likeness (QED) is 0.292. The lowest BCUT2D eigenvalue weighted by Gasteiger charge is -2.26. The average molecular weight is 514 g/mol. The van der Waals surface area contributed by atoms with Crippen molar-refractivity contribution in [3.05, 3.63) is 106 Å². The topological polar surface area (TPSA) is 71.4 Å². The van der Waals surface area contributed by atoms with E-state index in [1.807, 2.05) is 42.6 Å². The van der Waals surface area contributed by atoms with Gasteiger partial charge >= 0.3 is 6.03 Å². The molecule has 0 saturated carbocycles. The van der Waals surface area contributed by atoms with Gasteiger partial charge in [-0.2, -0.15) is 0 Å². The number of anilines is 1. The maximum Gasteiger partial charge on any atom is 0.335 e. The highest BCUT2D eigenvalue weighted by atomic mass is 79.9. The molecule has 3 aromatic carbocycles. The van der Waals surface area contributed by atoms with Crippen molar-refractivity contribution in [1.82, 2.24) is 9.88 Å². The number of nitrogens with zero attached hydrogens (tertiary/aromatic N) is 2. The predicted molar refractivity (Wildman–Crippen MR) is 135 cm³/mol. The zero-order valence-electron chi connectivity index (χ0n) is 18.3. The molecule has 1 saturated heterocycles. The summed E-state index contributed by atoms with van der Waals surface area (Å²) >= 11 is 3.35. The van der Waals surface area contributed by atoms with Crippen LogP contribution in [0.3, 0.4) is 0 Å². The molecule has 0 spiro atoms. The first-order valence-corrected chi connectivity index (χ1v) is 11.5. The Hall–Kier alpha value is -3.97. The second-order valence-corrected chi connectivity index (χ2v) is 9.01. The number of carbonyl (C=O) groups excluding carboxylic acids is 3. The summed E-state index contributed by atoms with van der Waals surface area (Å²) in [5, 5.41) is 3.20. The summed E-state index contributed by atoms with van der Waals surface area (Å²) in [5.74, 6) is -1.37. The maximum atomic E-state index is 13.3. The summed E-state index contributed by atoms with van der Waals surface area (Å²) in [6, 6.07) is 22.0. The van der Waals surface area contributed by atoms with Crippen LogP contribution < -0.4 is 10.2 Å². The smallest absolute Gasteiger partial charge is 0.335 e. The van der Waals surface area contributed by atoms with Gasteiger partial charge in [0.15, 0.2) is 0 Å². The predicted octanol–water partition coefficient (Wildman–Crippen LogP) is 5.43. The van der Waals surface area contributed by atoms with Crippen molar-refractivity contribution >= 4 is 56.4 Å². The maximum absolute atomic E-state index is 13.3. The number of aryl methyl sites for hydroxylation is 1. The lowest BCUT2D eigenvalue weighted by molar-refractivity contribution is -0.122. The number of carbonyl (C=O) groups is 3. The Morgan fingerprint density at radius 2 is 1.62 bits per heavy atom. The minimum Gasteiger partial charge on any atom is -0.342 e. The lowest BCUT2D eigenvalue weighted by Crippen LogP contribution is -2.54. The lowest BCUT2D eigenvalue weighted by atomic mass is 10.1. The average Bonchev–Trinajstić information content (AvgIpc) is 3.16. The highest BCUT2D eigenvalue weighted by Gasteiger charge is 2.37. The number of fused-ring (bicyclic) bond motifs is 1. The number of halogens is 1. The first-order valence-electron chi connectivity index (χ1n) is 10.7. The van der Waals surface area contributed by atoms with E-state index < -0.39 is 17.8 Å². The van der Waals surface area contributed by atoms with Gasteiger partial charge in [0, 0.05) is 33.7 Å². The first kappa shape index (κ1) is 21.9. The normalized spacial score (nSPS) is 15.3. The van der Waals surface area contributed by atoms with E-state index in [0.717, 1.165) is 25.8 Å². The fourth-order valence-electron chi connectivity index (χ4n) is 4.13. The van der Waals surface area contributed by atoms with Crippen molar-refractivity contribution in [2.24, 2.45) is 0 Å². The third-order valence-corrected chi connectivity index (χ3v) is 6.44. The Morgan fingerprint density at radius 1 is 0.912 bits per heavy atom. The van der Waals surface area contributed by atoms with Crippen LogP contribution in [-0.2, 0) is 16.1 Å². The van der Waals surface area contributed by atoms with Crippen molar-refractivity contribution in [1.29, 1.82) is 0 Å². The standard InChI is InChI=1S/C27H20BrN3O3/c1-17-6-2-3-7-18(17)15-30-16-19(22-8-4-5-9-24(22)30)14-23-25(32)29-27(34)31(26(23)33)21-12-10-20(28)11-13-21/h2-14,16H,15H2,1H3,(H,29,32,34)/b23-14-. The Bertz CT molecular complexity index is 1480. The molecule has 5 rings (SSSR count). The van der Waals surface area contributed by atoms with Crippen LogP contribution in [-0.4, -0.2) is 22.4 Å². The molecule has 0 radical (unpaired) electrons. The monoisotopic (exact) mass is 513 g/mol. The second-order valence-electron chi connectivity index (χ2n) is 8.09. The molecule has 34 heavy (non-hydrogen) atoms. The van der Waals surface area contributed by atoms with Gasteiger partial charge in [-0.25, -0.2) is 9.69 Å². The van der Waals surface area contributed by atoms with Crippen LogP contribution in [0.4, 0.5) is 10.5 Å². The SMILES string of the molecule is Cc1ccccc1Cn1cc(/C=C2/C(=O)NC(=O)N(c3ccc(Br)cc3)C2=O)c2ccccc21. The van der Waals surface area contributed by atoms with Gasteiger partial charge in [0.1, 0.15) is 5.57 Å². The van der Waals surface area contributed by atoms with E-state index in [-0.39, 0.29) is 5.57 Å². The van der Waals surface area contributed by atoms with E-state index in [1.165, 1.54) is 11.1 Å². The highest BCUT2D eigenvalue weighted by molar-refractivity contribution is 9.10. The molecule has 0 unspecified atom stereocenters. The van der Waals surface area contributed by atoms with Gasteiger partial charge in [-0.1, -0.05) is 58.4 Å². The number of para-hydroxylation sites is 1. The summed E-state index contributed by atoms with van der Waals surface area (Å²) in [5.41, 5.74) is 4.37. The van der Waals surface area contributed by atoms with Crippen LogP contribution in [0.15, 0.2) is 89.0 Å². The molecule has 6 nitrogen and oxygen atoms in total. The highest BCUT2D eigenvalue weighted by Crippen LogP contribution is 2.28. The number of hydrogen-bond donors (Lipinski definition) is 1. The van der Waals surface area contributed by atoms with Crippen LogP contribution in [0.2, 0.25) is 0 Å². The molecule has 7 heteroatoms. The number of aromatic nitrogens is 1. The molecule has 168 valence electrons. The van der Waals surface area contributed by atoms with Gasteiger partial charge in [0.05, 0.1) is 5.69 Å². The number of urea groups is 1. The summed E-state index contributed by atoms with van der Waals surface area (Å²) in [4.78, 5) is 39.4. The molecule has 1 fully saturated rings. The van der Waals surface area contributed by atoms with Crippen LogP contribution >= 0.6 is 15.9 Å². The zero-order chi connectivity index (χ0) is 23.8. The van der Waals surface area contributed by atoms with Crippen LogP contribution in [0, 0.1) is 6.92 Å². The molecule has 1 aromatic heterocycles. The van der Waals surface area contributed by atoms with E-state index >= 15 is 0 Å². The molecular formula is C27H20BrN3O3. The Morgan fingerprint density at radius 3 is 2.38 bits per heavy atom. The molecule has 0 atom stereocenters. The van der Waals surface area contributed by atoms with Gasteiger partial charge in [-0.15, -0.1) is 0 Å². The second kappa shape index (κ2) is 8.76. The molecular weight excluding hydrogens is 494 g/mol. The van der Waals surface area contributed by atoms with E-state index in [2.05, 4.69) is 44.9 Å². The van der Waals surface area contributed by atoms with Gasteiger partial charge in [0.25, 0.3) is 11.8 Å². The van der Waals surface area contributed by atoms with Gasteiger partial charge in [-0.3, -0.25) is 14.9 Å². The van der Waals surface area contributed by atoms with Crippen molar-refractivity contribution in [2.75, 3.05) is 4.90 Å². The van der Waals surface area contributed by atoms with Crippen molar-refractivity contribution < 1.29 is 14.4 Å². The molecule has 4 aromatic rings. The minimum absolute atomic E-state index is 0.0960. The molecule has 1 aliphatic heterocycles. The summed E-state index contributed by atoms with van der Waals surface area (Å²) in [7, 11) is 0. The van der Waals surface area contributed by atoms with E-state index in [0.29, 0.717) is 12.2 Å². The summed E-state index contributed by atoms with van der Waals surface area (Å²) in [6.45, 7) is 2.72. The molecule has 2 heterocycles. The van der Waals surface area contributed by atoms with E-state index in [1.54, 1.807) is 30.3 Å².